The number of para-hydroxylation sites is 1. The Morgan fingerprint density at radius 3 is 2.75 bits per heavy atom. The van der Waals surface area contributed by atoms with Gasteiger partial charge in [0.2, 0.25) is 5.91 Å². The van der Waals surface area contributed by atoms with Gasteiger partial charge >= 0.3 is 0 Å². The molecule has 0 atom stereocenters. The van der Waals surface area contributed by atoms with Gasteiger partial charge in [-0.2, -0.15) is 0 Å². The van der Waals surface area contributed by atoms with Crippen LogP contribution in [-0.4, -0.2) is 38.5 Å². The van der Waals surface area contributed by atoms with Gasteiger partial charge in [0, 0.05) is 18.0 Å². The van der Waals surface area contributed by atoms with Gasteiger partial charge in [-0.15, -0.1) is 21.5 Å². The third-order valence-electron chi connectivity index (χ3n) is 5.07. The van der Waals surface area contributed by atoms with Crippen molar-refractivity contribution in [2.45, 2.75) is 19.0 Å². The van der Waals surface area contributed by atoms with Crippen molar-refractivity contribution in [2.75, 3.05) is 18.2 Å². The number of amides is 1. The van der Waals surface area contributed by atoms with E-state index in [2.05, 4.69) is 46.5 Å². The number of thiazole rings is 1. The fourth-order valence-electron chi connectivity index (χ4n) is 3.15. The van der Waals surface area contributed by atoms with Crippen LogP contribution in [0.25, 0.3) is 22.6 Å². The molecule has 1 N–H and O–H groups in total. The maximum atomic E-state index is 12.5. The third kappa shape index (κ3) is 4.68. The van der Waals surface area contributed by atoms with Gasteiger partial charge in [0.25, 0.3) is 0 Å². The molecule has 0 radical (unpaired) electrons. The Morgan fingerprint density at radius 2 is 1.97 bits per heavy atom. The van der Waals surface area contributed by atoms with Crippen molar-refractivity contribution < 1.29 is 9.53 Å². The minimum atomic E-state index is -0.141. The second kappa shape index (κ2) is 9.54. The van der Waals surface area contributed by atoms with E-state index < -0.39 is 0 Å². The van der Waals surface area contributed by atoms with Crippen LogP contribution in [0.3, 0.4) is 0 Å². The molecular formula is C23H23N5O2S2. The number of ether oxygens (including phenoxy) is 1. The Hall–Kier alpha value is -3.17. The number of nitrogens with zero attached hydrogens (tertiary/aromatic N) is 4. The number of aromatic nitrogens is 4. The predicted octanol–water partition coefficient (Wildman–Crippen LogP) is 4.96. The van der Waals surface area contributed by atoms with Crippen LogP contribution >= 0.6 is 23.1 Å². The normalized spacial score (nSPS) is 10.9. The SMILES string of the molecule is COc1ccccc1-c1nnc(SCC(=O)Nc2nc(-c3ccc(C)c(C)c3)cs2)n1C. The zero-order valence-corrected chi connectivity index (χ0v) is 19.9. The van der Waals surface area contributed by atoms with Crippen LogP contribution in [0.4, 0.5) is 5.13 Å². The number of carbonyl (C=O) groups is 1. The summed E-state index contributed by atoms with van der Waals surface area (Å²) < 4.78 is 7.28. The molecule has 4 rings (SSSR count). The van der Waals surface area contributed by atoms with Crippen LogP contribution in [0.15, 0.2) is 53.0 Å². The first-order valence-electron chi connectivity index (χ1n) is 9.95. The third-order valence-corrected chi connectivity index (χ3v) is 6.85. The first-order chi connectivity index (χ1) is 15.5. The van der Waals surface area contributed by atoms with E-state index in [9.17, 15) is 4.79 Å². The minimum absolute atomic E-state index is 0.141. The number of hydrogen-bond donors (Lipinski definition) is 1. The summed E-state index contributed by atoms with van der Waals surface area (Å²) in [5, 5.41) is 14.6. The molecule has 2 aromatic carbocycles. The van der Waals surface area contributed by atoms with Gasteiger partial charge in [-0.1, -0.05) is 36.0 Å². The molecule has 2 heterocycles. The van der Waals surface area contributed by atoms with Gasteiger partial charge in [0.05, 0.1) is 24.1 Å². The zero-order valence-electron chi connectivity index (χ0n) is 18.2. The molecule has 0 bridgehead atoms. The van der Waals surface area contributed by atoms with Gasteiger partial charge in [-0.05, 0) is 43.2 Å². The molecule has 0 fully saturated rings. The molecule has 7 nitrogen and oxygen atoms in total. The number of nitrogens with one attached hydrogen (secondary N) is 1. The molecule has 164 valence electrons. The molecule has 0 aliphatic carbocycles. The number of hydrogen-bond acceptors (Lipinski definition) is 7. The van der Waals surface area contributed by atoms with Crippen molar-refractivity contribution in [3.8, 4) is 28.4 Å². The maximum absolute atomic E-state index is 12.5. The highest BCUT2D eigenvalue weighted by molar-refractivity contribution is 7.99. The van der Waals surface area contributed by atoms with Gasteiger partial charge in [-0.25, -0.2) is 4.98 Å². The van der Waals surface area contributed by atoms with Crippen molar-refractivity contribution in [1.82, 2.24) is 19.7 Å². The first kappa shape index (κ1) is 22.0. The number of aryl methyl sites for hydroxylation is 2. The summed E-state index contributed by atoms with van der Waals surface area (Å²) in [5.74, 6) is 1.47. The number of thioether (sulfide) groups is 1. The molecule has 1 amide bonds. The molecule has 0 spiro atoms. The van der Waals surface area contributed by atoms with E-state index in [1.807, 2.05) is 47.3 Å². The summed E-state index contributed by atoms with van der Waals surface area (Å²) >= 11 is 2.74. The lowest BCUT2D eigenvalue weighted by atomic mass is 10.1. The topological polar surface area (TPSA) is 81.9 Å². The van der Waals surface area contributed by atoms with Gasteiger partial charge in [-0.3, -0.25) is 4.79 Å². The average molecular weight is 466 g/mol. The molecule has 32 heavy (non-hydrogen) atoms. The minimum Gasteiger partial charge on any atom is -0.496 e. The number of rotatable bonds is 7. The van der Waals surface area contributed by atoms with E-state index in [0.717, 1.165) is 22.6 Å². The molecule has 0 aliphatic heterocycles. The highest BCUT2D eigenvalue weighted by Gasteiger charge is 2.16. The predicted molar refractivity (Wildman–Crippen MR) is 129 cm³/mol. The zero-order chi connectivity index (χ0) is 22.7. The summed E-state index contributed by atoms with van der Waals surface area (Å²) in [6.07, 6.45) is 0. The Morgan fingerprint density at radius 1 is 1.16 bits per heavy atom. The highest BCUT2D eigenvalue weighted by atomic mass is 32.2. The fraction of sp³-hybridized carbons (Fsp3) is 0.217. The molecule has 0 aliphatic rings. The number of carbonyl (C=O) groups excluding carboxylic acids is 1. The summed E-state index contributed by atoms with van der Waals surface area (Å²) in [5.41, 5.74) is 5.21. The lowest BCUT2D eigenvalue weighted by Gasteiger charge is -2.08. The van der Waals surface area contributed by atoms with Crippen molar-refractivity contribution in [1.29, 1.82) is 0 Å². The maximum Gasteiger partial charge on any atom is 0.236 e. The molecule has 9 heteroatoms. The van der Waals surface area contributed by atoms with Crippen molar-refractivity contribution >= 4 is 34.1 Å². The molecule has 2 aromatic heterocycles. The van der Waals surface area contributed by atoms with Crippen molar-refractivity contribution in [3.63, 3.8) is 0 Å². The Balaban J connectivity index is 1.39. The van der Waals surface area contributed by atoms with E-state index >= 15 is 0 Å². The smallest absolute Gasteiger partial charge is 0.236 e. The van der Waals surface area contributed by atoms with Crippen LogP contribution < -0.4 is 10.1 Å². The summed E-state index contributed by atoms with van der Waals surface area (Å²) in [6.45, 7) is 4.16. The molecular weight excluding hydrogens is 442 g/mol. The number of methoxy groups -OCH3 is 1. The van der Waals surface area contributed by atoms with E-state index in [0.29, 0.717) is 16.1 Å². The van der Waals surface area contributed by atoms with Gasteiger partial charge < -0.3 is 14.6 Å². The second-order valence-corrected chi connectivity index (χ2v) is 9.04. The Labute approximate surface area is 194 Å². The molecule has 0 saturated carbocycles. The van der Waals surface area contributed by atoms with Gasteiger partial charge in [0.15, 0.2) is 16.1 Å². The van der Waals surface area contributed by atoms with E-state index in [1.54, 1.807) is 7.11 Å². The standard InChI is InChI=1S/C23H23N5O2S2/c1-14-9-10-16(11-15(14)2)18-12-31-22(24-18)25-20(29)13-32-23-27-26-21(28(23)3)17-7-5-6-8-19(17)30-4/h5-12H,13H2,1-4H3,(H,24,25,29). The van der Waals surface area contributed by atoms with E-state index in [-0.39, 0.29) is 11.7 Å². The van der Waals surface area contributed by atoms with Crippen molar-refractivity contribution in [2.24, 2.45) is 7.05 Å². The van der Waals surface area contributed by atoms with Crippen molar-refractivity contribution in [3.05, 3.63) is 59.0 Å². The monoisotopic (exact) mass is 465 g/mol. The molecule has 4 aromatic rings. The molecule has 0 saturated heterocycles. The van der Waals surface area contributed by atoms with Crippen LogP contribution in [0.5, 0.6) is 5.75 Å². The Bertz CT molecular complexity index is 1270. The lowest BCUT2D eigenvalue weighted by molar-refractivity contribution is -0.113. The first-order valence-corrected chi connectivity index (χ1v) is 11.8. The number of anilines is 1. The van der Waals surface area contributed by atoms with E-state index in [4.69, 9.17) is 4.74 Å². The quantitative estimate of drug-likeness (QED) is 0.389. The Kier molecular flexibility index (Phi) is 6.57. The summed E-state index contributed by atoms with van der Waals surface area (Å²) in [7, 11) is 3.50. The molecule has 0 unspecified atom stereocenters. The largest absolute Gasteiger partial charge is 0.496 e. The van der Waals surface area contributed by atoms with Crippen LogP contribution in [0, 0.1) is 13.8 Å². The fourth-order valence-corrected chi connectivity index (χ4v) is 4.60. The van der Waals surface area contributed by atoms with Crippen LogP contribution in [0.1, 0.15) is 11.1 Å². The number of benzene rings is 2. The highest BCUT2D eigenvalue weighted by Crippen LogP contribution is 2.30. The summed E-state index contributed by atoms with van der Waals surface area (Å²) in [4.78, 5) is 17.0. The van der Waals surface area contributed by atoms with Gasteiger partial charge in [0.1, 0.15) is 5.75 Å². The van der Waals surface area contributed by atoms with Crippen LogP contribution in [-0.2, 0) is 11.8 Å². The lowest BCUT2D eigenvalue weighted by Crippen LogP contribution is -2.14. The average Bonchev–Trinajstić information content (AvgIpc) is 3.40. The van der Waals surface area contributed by atoms with E-state index in [1.165, 1.54) is 34.2 Å². The second-order valence-electron chi connectivity index (χ2n) is 7.24. The van der Waals surface area contributed by atoms with Crippen LogP contribution in [0.2, 0.25) is 0 Å². The summed E-state index contributed by atoms with van der Waals surface area (Å²) in [6, 6.07) is 13.9.